The molecule has 4 amide bonds. The maximum atomic E-state index is 11.6. The van der Waals surface area contributed by atoms with E-state index in [4.69, 9.17) is 0 Å². The number of nitrogens with one attached hydrogen (secondary N) is 6. The van der Waals surface area contributed by atoms with E-state index in [2.05, 4.69) is 68.9 Å². The highest BCUT2D eigenvalue weighted by Crippen LogP contribution is 2.06. The minimum absolute atomic E-state index is 0. The lowest BCUT2D eigenvalue weighted by Crippen LogP contribution is -2.41. The number of urea groups is 2. The summed E-state index contributed by atoms with van der Waals surface area (Å²) in [6.45, 7) is 9.76. The fourth-order valence-electron chi connectivity index (χ4n) is 3.91. The molecule has 40 heavy (non-hydrogen) atoms. The first-order valence-corrected chi connectivity index (χ1v) is 14.5. The molecule has 0 saturated carbocycles. The first-order chi connectivity index (χ1) is 18.4. The number of amides is 4. The van der Waals surface area contributed by atoms with Crippen LogP contribution in [0.5, 0.6) is 0 Å². The summed E-state index contributed by atoms with van der Waals surface area (Å²) >= 11 is 0. The summed E-state index contributed by atoms with van der Waals surface area (Å²) < 4.78 is 0. The second-order valence-electron chi connectivity index (χ2n) is 9.95. The molecule has 0 aliphatic rings. The number of unbranched alkanes of at least 4 members (excludes halogenated alkanes) is 6. The zero-order chi connectivity index (χ0) is 27.8. The number of nitrogens with zero attached hydrogens (tertiary/aromatic N) is 2. The minimum Gasteiger partial charge on any atom is -0.412 e. The summed E-state index contributed by atoms with van der Waals surface area (Å²) in [5.41, 5.74) is 2.07. The average molecular weight is 569 g/mol. The molecule has 0 aliphatic carbocycles. The SMILES string of the molecule is CCCCCC[C@H](C)NC(=O)NCCc1cnc[nH]1.CCCCCC[C@H](C)NC(=O)NCCc1cnc[nH]1.O.O. The van der Waals surface area contributed by atoms with Gasteiger partial charge in [0.25, 0.3) is 0 Å². The van der Waals surface area contributed by atoms with Crippen LogP contribution in [0, 0.1) is 0 Å². The van der Waals surface area contributed by atoms with Crippen LogP contribution in [0.3, 0.4) is 0 Å². The molecule has 12 heteroatoms. The molecule has 2 aromatic heterocycles. The Labute approximate surface area is 240 Å². The second-order valence-corrected chi connectivity index (χ2v) is 9.95. The molecule has 0 radical (unpaired) electrons. The summed E-state index contributed by atoms with van der Waals surface area (Å²) in [5.74, 6) is 0. The van der Waals surface area contributed by atoms with Crippen LogP contribution in [-0.2, 0) is 12.8 Å². The van der Waals surface area contributed by atoms with E-state index in [9.17, 15) is 9.59 Å². The number of aromatic amines is 2. The highest BCUT2D eigenvalue weighted by molar-refractivity contribution is 5.74. The molecule has 2 heterocycles. The van der Waals surface area contributed by atoms with Gasteiger partial charge >= 0.3 is 12.1 Å². The lowest BCUT2D eigenvalue weighted by atomic mass is 10.1. The van der Waals surface area contributed by atoms with Crippen molar-refractivity contribution in [2.45, 2.75) is 117 Å². The van der Waals surface area contributed by atoms with Gasteiger partial charge in [-0.05, 0) is 26.7 Å². The Bertz CT molecular complexity index is 750. The summed E-state index contributed by atoms with van der Waals surface area (Å²) in [7, 11) is 0. The van der Waals surface area contributed by atoms with Crippen molar-refractivity contribution in [1.82, 2.24) is 41.2 Å². The molecule has 12 nitrogen and oxygen atoms in total. The number of rotatable bonds is 18. The van der Waals surface area contributed by atoms with Crippen molar-refractivity contribution in [2.75, 3.05) is 13.1 Å². The lowest BCUT2D eigenvalue weighted by molar-refractivity contribution is 0.236. The molecule has 0 bridgehead atoms. The van der Waals surface area contributed by atoms with Gasteiger partial charge in [0.2, 0.25) is 0 Å². The van der Waals surface area contributed by atoms with Gasteiger partial charge in [-0.25, -0.2) is 19.6 Å². The fraction of sp³-hybridized carbons (Fsp3) is 0.714. The molecule has 10 N–H and O–H groups in total. The van der Waals surface area contributed by atoms with Crippen LogP contribution in [0.1, 0.15) is 103 Å². The van der Waals surface area contributed by atoms with Gasteiger partial charge in [0.1, 0.15) is 0 Å². The van der Waals surface area contributed by atoms with Crippen LogP contribution < -0.4 is 21.3 Å². The van der Waals surface area contributed by atoms with Crippen molar-refractivity contribution < 1.29 is 20.5 Å². The molecule has 0 aromatic carbocycles. The predicted molar refractivity (Wildman–Crippen MR) is 161 cm³/mol. The van der Waals surface area contributed by atoms with Crippen molar-refractivity contribution in [3.63, 3.8) is 0 Å². The first kappa shape index (κ1) is 39.0. The Hall–Kier alpha value is -3.12. The van der Waals surface area contributed by atoms with Crippen molar-refractivity contribution >= 4 is 12.1 Å². The lowest BCUT2D eigenvalue weighted by Gasteiger charge is -2.14. The fourth-order valence-corrected chi connectivity index (χ4v) is 3.91. The Morgan fingerprint density at radius 2 is 1.10 bits per heavy atom. The normalized spacial score (nSPS) is 11.5. The van der Waals surface area contributed by atoms with Crippen molar-refractivity contribution in [3.8, 4) is 0 Å². The zero-order valence-corrected chi connectivity index (χ0v) is 25.1. The topological polar surface area (TPSA) is 203 Å². The molecule has 0 spiro atoms. The summed E-state index contributed by atoms with van der Waals surface area (Å²) in [6.07, 6.45) is 20.4. The maximum Gasteiger partial charge on any atom is 0.315 e. The van der Waals surface area contributed by atoms with Gasteiger partial charge in [-0.1, -0.05) is 65.2 Å². The Morgan fingerprint density at radius 3 is 1.43 bits per heavy atom. The van der Waals surface area contributed by atoms with Crippen LogP contribution >= 0.6 is 0 Å². The van der Waals surface area contributed by atoms with Gasteiger partial charge in [-0.3, -0.25) is 0 Å². The van der Waals surface area contributed by atoms with E-state index in [1.165, 1.54) is 51.4 Å². The van der Waals surface area contributed by atoms with E-state index < -0.39 is 0 Å². The van der Waals surface area contributed by atoms with Crippen molar-refractivity contribution in [1.29, 1.82) is 0 Å². The highest BCUT2D eigenvalue weighted by atomic mass is 16.2. The molecule has 2 atom stereocenters. The van der Waals surface area contributed by atoms with Crippen molar-refractivity contribution in [2.24, 2.45) is 0 Å². The van der Waals surface area contributed by atoms with E-state index in [-0.39, 0.29) is 35.1 Å². The highest BCUT2D eigenvalue weighted by Gasteiger charge is 2.07. The molecular formula is C28H56N8O4. The Balaban J connectivity index is 0. The zero-order valence-electron chi connectivity index (χ0n) is 25.1. The van der Waals surface area contributed by atoms with E-state index in [0.29, 0.717) is 13.1 Å². The Kier molecular flexibility index (Phi) is 25.5. The number of carbonyl (C=O) groups is 2. The number of aromatic nitrogens is 4. The molecule has 0 fully saturated rings. The predicted octanol–water partition coefficient (Wildman–Crippen LogP) is 3.57. The van der Waals surface area contributed by atoms with Crippen LogP contribution in [0.25, 0.3) is 0 Å². The quantitative estimate of drug-likeness (QED) is 0.149. The van der Waals surface area contributed by atoms with Gasteiger partial charge in [0, 0.05) is 61.8 Å². The third-order valence-electron chi connectivity index (χ3n) is 6.21. The van der Waals surface area contributed by atoms with Gasteiger partial charge in [-0.2, -0.15) is 0 Å². The second kappa shape index (κ2) is 26.1. The summed E-state index contributed by atoms with van der Waals surface area (Å²) in [4.78, 5) is 37.1. The third-order valence-corrected chi connectivity index (χ3v) is 6.21. The molecule has 0 saturated heterocycles. The molecule has 0 unspecified atom stereocenters. The summed E-state index contributed by atoms with van der Waals surface area (Å²) in [6, 6.07) is 0.318. The number of imidazole rings is 2. The average Bonchev–Trinajstić information content (AvgIpc) is 3.60. The van der Waals surface area contributed by atoms with Crippen LogP contribution in [-0.4, -0.2) is 68.1 Å². The van der Waals surface area contributed by atoms with E-state index in [1.54, 1.807) is 25.0 Å². The molecular weight excluding hydrogens is 512 g/mol. The maximum absolute atomic E-state index is 11.6. The number of carbonyl (C=O) groups excluding carboxylic acids is 2. The first-order valence-electron chi connectivity index (χ1n) is 14.5. The van der Waals surface area contributed by atoms with Crippen LogP contribution in [0.4, 0.5) is 9.59 Å². The third kappa shape index (κ3) is 21.8. The number of hydrogen-bond acceptors (Lipinski definition) is 4. The van der Waals surface area contributed by atoms with E-state index >= 15 is 0 Å². The van der Waals surface area contributed by atoms with E-state index in [0.717, 1.165) is 37.1 Å². The minimum atomic E-state index is -0.0810. The number of H-pyrrole nitrogens is 2. The molecule has 2 aromatic rings. The molecule has 0 aliphatic heterocycles. The monoisotopic (exact) mass is 568 g/mol. The molecule has 2 rings (SSSR count). The number of hydrogen-bond donors (Lipinski definition) is 6. The molecule has 232 valence electrons. The van der Waals surface area contributed by atoms with Crippen LogP contribution in [0.2, 0.25) is 0 Å². The Morgan fingerprint density at radius 1 is 0.700 bits per heavy atom. The smallest absolute Gasteiger partial charge is 0.315 e. The largest absolute Gasteiger partial charge is 0.412 e. The van der Waals surface area contributed by atoms with Gasteiger partial charge in [0.15, 0.2) is 0 Å². The van der Waals surface area contributed by atoms with Crippen LogP contribution in [0.15, 0.2) is 25.0 Å². The van der Waals surface area contributed by atoms with Crippen molar-refractivity contribution in [3.05, 3.63) is 36.4 Å². The van der Waals surface area contributed by atoms with E-state index in [1.807, 2.05) is 0 Å². The van der Waals surface area contributed by atoms with Gasteiger partial charge < -0.3 is 42.2 Å². The van der Waals surface area contributed by atoms with Gasteiger partial charge in [-0.15, -0.1) is 0 Å². The summed E-state index contributed by atoms with van der Waals surface area (Å²) in [5, 5.41) is 11.6. The van der Waals surface area contributed by atoms with Gasteiger partial charge in [0.05, 0.1) is 12.7 Å². The standard InChI is InChI=1S/2C14H26N4O.2H2O/c2*1-3-4-5-6-7-12(2)18-14(19)16-9-8-13-10-15-11-17-13;;/h2*10-12H,3-9H2,1-2H3,(H,15,17)(H2,16,18,19);2*1H2/t2*12-;;/m00../s1.